The van der Waals surface area contributed by atoms with E-state index in [1.807, 2.05) is 0 Å². The fourth-order valence-electron chi connectivity index (χ4n) is 2.10. The summed E-state index contributed by atoms with van der Waals surface area (Å²) in [5.41, 5.74) is 0.436. The molecule has 0 aliphatic heterocycles. The van der Waals surface area contributed by atoms with E-state index < -0.39 is 8.24 Å². The Morgan fingerprint density at radius 2 is 1.81 bits per heavy atom. The number of isocyanates is 2. The molecular weight excluding hydrogens is 220 g/mol. The van der Waals surface area contributed by atoms with Crippen LogP contribution in [0.1, 0.15) is 33.6 Å². The van der Waals surface area contributed by atoms with E-state index in [1.165, 1.54) is 6.08 Å². The van der Waals surface area contributed by atoms with Crippen LogP contribution in [-0.4, -0.2) is 26.9 Å². The number of rotatable bonds is 8. The van der Waals surface area contributed by atoms with Gasteiger partial charge >= 0.3 is 0 Å². The minimum Gasteiger partial charge on any atom is -0.247 e. The van der Waals surface area contributed by atoms with Crippen molar-refractivity contribution in [2.45, 2.75) is 51.2 Å². The Labute approximate surface area is 98.0 Å². The average molecular weight is 240 g/mol. The van der Waals surface area contributed by atoms with E-state index in [0.29, 0.717) is 12.1 Å². The third kappa shape index (κ3) is 4.23. The van der Waals surface area contributed by atoms with Gasteiger partial charge in [-0.3, -0.25) is 0 Å². The maximum Gasteiger partial charge on any atom is 0.234 e. The first-order valence-electron chi connectivity index (χ1n) is 5.79. The summed E-state index contributed by atoms with van der Waals surface area (Å²) in [5, 5.41) is 0. The molecule has 16 heavy (non-hydrogen) atoms. The fourth-order valence-corrected chi connectivity index (χ4v) is 5.45. The van der Waals surface area contributed by atoms with E-state index in [1.54, 1.807) is 6.08 Å². The molecule has 0 N–H and O–H groups in total. The van der Waals surface area contributed by atoms with E-state index in [0.717, 1.165) is 24.9 Å². The summed E-state index contributed by atoms with van der Waals surface area (Å²) in [5.74, 6) is 0. The van der Waals surface area contributed by atoms with E-state index in [4.69, 9.17) is 0 Å². The first-order chi connectivity index (χ1) is 7.66. The van der Waals surface area contributed by atoms with Gasteiger partial charge in [-0.15, -0.1) is 0 Å². The molecule has 1 atom stereocenters. The first kappa shape index (κ1) is 15.0. The van der Waals surface area contributed by atoms with Crippen molar-refractivity contribution < 1.29 is 9.59 Å². The zero-order valence-corrected chi connectivity index (χ0v) is 11.3. The maximum absolute atomic E-state index is 10.5. The number of aliphatic imine (C=N–C) groups is 1. The maximum atomic E-state index is 10.5. The summed E-state index contributed by atoms with van der Waals surface area (Å²) < 4.78 is 4.12. The fraction of sp³-hybridized carbons (Fsp3) is 0.818. The molecular formula is C11H20N2O2Si. The average Bonchev–Trinajstić information content (AvgIpc) is 2.31. The third-order valence-electron chi connectivity index (χ3n) is 3.38. The SMILES string of the molecule is CC[Si](CC)(N=C=O)C(C)CCCN=C=O. The van der Waals surface area contributed by atoms with Crippen LogP contribution in [0.2, 0.25) is 17.6 Å². The lowest BCUT2D eigenvalue weighted by Gasteiger charge is -2.29. The van der Waals surface area contributed by atoms with E-state index in [-0.39, 0.29) is 0 Å². The topological polar surface area (TPSA) is 58.9 Å². The smallest absolute Gasteiger partial charge is 0.234 e. The zero-order valence-electron chi connectivity index (χ0n) is 10.3. The molecule has 0 saturated heterocycles. The molecule has 0 aliphatic carbocycles. The van der Waals surface area contributed by atoms with Gasteiger partial charge in [-0.25, -0.2) is 19.2 Å². The van der Waals surface area contributed by atoms with Crippen LogP contribution in [0.15, 0.2) is 9.65 Å². The van der Waals surface area contributed by atoms with E-state index in [2.05, 4.69) is 30.4 Å². The van der Waals surface area contributed by atoms with Gasteiger partial charge in [0.25, 0.3) is 0 Å². The van der Waals surface area contributed by atoms with E-state index >= 15 is 0 Å². The zero-order chi connectivity index (χ0) is 12.4. The molecule has 0 aromatic rings. The van der Waals surface area contributed by atoms with Crippen molar-refractivity contribution in [2.75, 3.05) is 6.54 Å². The summed E-state index contributed by atoms with van der Waals surface area (Å²) in [6.45, 7) is 6.86. The molecule has 0 aromatic carbocycles. The van der Waals surface area contributed by atoms with Crippen LogP contribution in [0, 0.1) is 0 Å². The minimum absolute atomic E-state index is 0.436. The van der Waals surface area contributed by atoms with Crippen LogP contribution in [0.5, 0.6) is 0 Å². The lowest BCUT2D eigenvalue weighted by Crippen LogP contribution is -2.35. The molecule has 0 amide bonds. The van der Waals surface area contributed by atoms with Gasteiger partial charge in [0.15, 0.2) is 8.24 Å². The standard InChI is InChI=1S/C11H20N2O2Si/c1-4-16(5-2,13-10-15)11(3)7-6-8-12-9-14/h11H,4-8H2,1-3H3. The molecule has 0 heterocycles. The van der Waals surface area contributed by atoms with Gasteiger partial charge in [0, 0.05) is 0 Å². The van der Waals surface area contributed by atoms with Crippen LogP contribution >= 0.6 is 0 Å². The highest BCUT2D eigenvalue weighted by atomic mass is 28.3. The van der Waals surface area contributed by atoms with Gasteiger partial charge < -0.3 is 0 Å². The lowest BCUT2D eigenvalue weighted by molar-refractivity contribution is 0.561. The normalized spacial score (nSPS) is 12.4. The van der Waals surface area contributed by atoms with Gasteiger partial charge in [0.1, 0.15) is 0 Å². The summed E-state index contributed by atoms with van der Waals surface area (Å²) in [6, 6.07) is 1.94. The second-order valence-corrected chi connectivity index (χ2v) is 8.86. The van der Waals surface area contributed by atoms with Crippen molar-refractivity contribution >= 4 is 20.4 Å². The summed E-state index contributed by atoms with van der Waals surface area (Å²) in [6.07, 6.45) is 5.10. The molecule has 0 fully saturated rings. The highest BCUT2D eigenvalue weighted by Gasteiger charge is 2.35. The Morgan fingerprint density at radius 3 is 2.25 bits per heavy atom. The molecule has 0 aromatic heterocycles. The summed E-state index contributed by atoms with van der Waals surface area (Å²) in [7, 11) is -1.85. The molecule has 4 nitrogen and oxygen atoms in total. The Hall–Kier alpha value is -1.02. The van der Waals surface area contributed by atoms with Crippen molar-refractivity contribution in [1.29, 1.82) is 0 Å². The monoisotopic (exact) mass is 240 g/mol. The quantitative estimate of drug-likeness (QED) is 0.283. The Balaban J connectivity index is 4.43. The molecule has 0 aliphatic rings. The van der Waals surface area contributed by atoms with Crippen LogP contribution in [0.3, 0.4) is 0 Å². The molecule has 0 rings (SSSR count). The van der Waals surface area contributed by atoms with Crippen LogP contribution in [0.25, 0.3) is 0 Å². The number of nitrogens with zero attached hydrogens (tertiary/aromatic N) is 2. The van der Waals surface area contributed by atoms with Crippen LogP contribution in [0.4, 0.5) is 0 Å². The Kier molecular flexibility index (Phi) is 7.64. The van der Waals surface area contributed by atoms with E-state index in [9.17, 15) is 9.59 Å². The molecule has 1 unspecified atom stereocenters. The molecule has 0 saturated carbocycles. The van der Waals surface area contributed by atoms with Gasteiger partial charge in [-0.2, -0.15) is 0 Å². The molecule has 5 heteroatoms. The minimum atomic E-state index is -1.85. The highest BCUT2D eigenvalue weighted by Crippen LogP contribution is 2.33. The van der Waals surface area contributed by atoms with Crippen molar-refractivity contribution in [2.24, 2.45) is 9.65 Å². The Morgan fingerprint density at radius 1 is 1.19 bits per heavy atom. The van der Waals surface area contributed by atoms with Gasteiger partial charge in [-0.1, -0.05) is 20.8 Å². The first-order valence-corrected chi connectivity index (χ1v) is 8.23. The van der Waals surface area contributed by atoms with Gasteiger partial charge in [0.2, 0.25) is 12.2 Å². The van der Waals surface area contributed by atoms with Crippen molar-refractivity contribution in [1.82, 2.24) is 0 Å². The summed E-state index contributed by atoms with van der Waals surface area (Å²) >= 11 is 0. The second-order valence-electron chi connectivity index (χ2n) is 4.03. The Bertz CT molecular complexity index is 290. The van der Waals surface area contributed by atoms with Crippen LogP contribution in [-0.2, 0) is 9.59 Å². The van der Waals surface area contributed by atoms with Crippen molar-refractivity contribution in [3.05, 3.63) is 0 Å². The molecule has 0 radical (unpaired) electrons. The predicted octanol–water partition coefficient (Wildman–Crippen LogP) is 2.81. The predicted molar refractivity (Wildman–Crippen MR) is 66.5 cm³/mol. The van der Waals surface area contributed by atoms with Crippen molar-refractivity contribution in [3.63, 3.8) is 0 Å². The van der Waals surface area contributed by atoms with Gasteiger partial charge in [0.05, 0.1) is 6.54 Å². The largest absolute Gasteiger partial charge is 0.247 e. The van der Waals surface area contributed by atoms with Crippen LogP contribution < -0.4 is 0 Å². The number of hydrogen-bond acceptors (Lipinski definition) is 4. The lowest BCUT2D eigenvalue weighted by atomic mass is 10.2. The highest BCUT2D eigenvalue weighted by molar-refractivity contribution is 6.79. The molecule has 90 valence electrons. The molecule has 0 bridgehead atoms. The molecule has 0 spiro atoms. The van der Waals surface area contributed by atoms with Gasteiger partial charge in [-0.05, 0) is 30.5 Å². The van der Waals surface area contributed by atoms with Crippen molar-refractivity contribution in [3.8, 4) is 0 Å². The third-order valence-corrected chi connectivity index (χ3v) is 8.49. The summed E-state index contributed by atoms with van der Waals surface area (Å²) in [4.78, 5) is 23.9. The second kappa shape index (κ2) is 8.17. The number of hydrogen-bond donors (Lipinski definition) is 0. The number of carbonyl (C=O) groups excluding carboxylic acids is 2.